The lowest BCUT2D eigenvalue weighted by molar-refractivity contribution is 0.187. The molecule has 0 bridgehead atoms. The Bertz CT molecular complexity index is 557. The number of rotatable bonds is 7. The Morgan fingerprint density at radius 1 is 1.40 bits per heavy atom. The van der Waals surface area contributed by atoms with Gasteiger partial charge in [-0.1, -0.05) is 13.0 Å². The van der Waals surface area contributed by atoms with Crippen LogP contribution >= 0.6 is 0 Å². The van der Waals surface area contributed by atoms with E-state index in [9.17, 15) is 9.90 Å². The average Bonchev–Trinajstić information content (AvgIpc) is 2.60. The van der Waals surface area contributed by atoms with Crippen LogP contribution in [0.2, 0.25) is 0 Å². The third kappa shape index (κ3) is 6.12. The van der Waals surface area contributed by atoms with Crippen LogP contribution in [0.5, 0.6) is 11.5 Å². The summed E-state index contributed by atoms with van der Waals surface area (Å²) in [5, 5.41) is 12.8. The molecule has 1 fully saturated rings. The second-order valence-electron chi connectivity index (χ2n) is 6.97. The molecule has 2 rings (SSSR count). The molecule has 0 spiro atoms. The van der Waals surface area contributed by atoms with Crippen LogP contribution in [0.1, 0.15) is 31.7 Å². The summed E-state index contributed by atoms with van der Waals surface area (Å²) < 4.78 is 5.03. The van der Waals surface area contributed by atoms with Gasteiger partial charge in [0.25, 0.3) is 0 Å². The average molecular weight is 349 g/mol. The van der Waals surface area contributed by atoms with Gasteiger partial charge in [-0.2, -0.15) is 0 Å². The molecule has 6 heteroatoms. The van der Waals surface area contributed by atoms with Crippen LogP contribution in [0.3, 0.4) is 0 Å². The minimum atomic E-state index is -0.0948. The van der Waals surface area contributed by atoms with Crippen LogP contribution in [0.4, 0.5) is 4.79 Å². The standard InChI is InChI=1S/C19H31N3O3/c1-15-7-11-22(12-8-15)10-4-9-20-19(24)21(2)14-16-5-6-18(25-3)17(23)13-16/h5-6,13,15,23H,4,7-12,14H2,1-3H3,(H,20,24). The maximum atomic E-state index is 12.2. The van der Waals surface area contributed by atoms with Crippen LogP contribution in [-0.2, 0) is 6.54 Å². The first-order valence-electron chi connectivity index (χ1n) is 9.06. The summed E-state index contributed by atoms with van der Waals surface area (Å²) in [5.41, 5.74) is 0.860. The molecule has 0 unspecified atom stereocenters. The Morgan fingerprint density at radius 2 is 2.12 bits per heavy atom. The number of aromatic hydroxyl groups is 1. The molecule has 6 nitrogen and oxygen atoms in total. The van der Waals surface area contributed by atoms with E-state index < -0.39 is 0 Å². The van der Waals surface area contributed by atoms with E-state index in [1.54, 1.807) is 24.1 Å². The topological polar surface area (TPSA) is 65.0 Å². The lowest BCUT2D eigenvalue weighted by Gasteiger charge is -2.30. The summed E-state index contributed by atoms with van der Waals surface area (Å²) in [6.07, 6.45) is 3.53. The molecule has 2 amide bonds. The number of hydrogen-bond donors (Lipinski definition) is 2. The fourth-order valence-electron chi connectivity index (χ4n) is 3.10. The van der Waals surface area contributed by atoms with Crippen LogP contribution in [0, 0.1) is 5.92 Å². The zero-order valence-corrected chi connectivity index (χ0v) is 15.6. The van der Waals surface area contributed by atoms with E-state index in [0.717, 1.165) is 24.4 Å². The largest absolute Gasteiger partial charge is 0.504 e. The number of ether oxygens (including phenoxy) is 1. The van der Waals surface area contributed by atoms with Gasteiger partial charge in [0.05, 0.1) is 7.11 Å². The number of carbonyl (C=O) groups excluding carboxylic acids is 1. The number of phenols is 1. The van der Waals surface area contributed by atoms with Crippen molar-refractivity contribution in [3.63, 3.8) is 0 Å². The number of piperidine rings is 1. The van der Waals surface area contributed by atoms with Crippen molar-refractivity contribution < 1.29 is 14.6 Å². The van der Waals surface area contributed by atoms with Gasteiger partial charge in [-0.15, -0.1) is 0 Å². The number of carbonyl (C=O) groups is 1. The Balaban J connectivity index is 1.67. The number of phenolic OH excluding ortho intramolecular Hbond substituents is 1. The van der Waals surface area contributed by atoms with E-state index in [1.165, 1.54) is 33.0 Å². The minimum Gasteiger partial charge on any atom is -0.504 e. The molecule has 1 aliphatic heterocycles. The van der Waals surface area contributed by atoms with Gasteiger partial charge in [-0.25, -0.2) is 4.79 Å². The molecule has 0 radical (unpaired) electrons. The summed E-state index contributed by atoms with van der Waals surface area (Å²) in [7, 11) is 3.27. The Kier molecular flexibility index (Phi) is 7.37. The lowest BCUT2D eigenvalue weighted by Crippen LogP contribution is -2.39. The summed E-state index contributed by atoms with van der Waals surface area (Å²) in [5.74, 6) is 1.37. The van der Waals surface area contributed by atoms with E-state index in [0.29, 0.717) is 18.8 Å². The molecule has 25 heavy (non-hydrogen) atoms. The molecule has 140 valence electrons. The molecule has 1 saturated heterocycles. The maximum Gasteiger partial charge on any atom is 0.317 e. The highest BCUT2D eigenvalue weighted by Gasteiger charge is 2.15. The van der Waals surface area contributed by atoms with Crippen molar-refractivity contribution in [2.24, 2.45) is 5.92 Å². The molecular formula is C19H31N3O3. The second kappa shape index (κ2) is 9.51. The van der Waals surface area contributed by atoms with Crippen molar-refractivity contribution in [1.82, 2.24) is 15.1 Å². The van der Waals surface area contributed by atoms with Crippen molar-refractivity contribution in [2.75, 3.05) is 40.3 Å². The highest BCUT2D eigenvalue weighted by Crippen LogP contribution is 2.26. The van der Waals surface area contributed by atoms with Crippen molar-refractivity contribution in [2.45, 2.75) is 32.7 Å². The summed E-state index contributed by atoms with van der Waals surface area (Å²) in [4.78, 5) is 16.3. The van der Waals surface area contributed by atoms with Gasteiger partial charge in [0.15, 0.2) is 11.5 Å². The number of hydrogen-bond acceptors (Lipinski definition) is 4. The van der Waals surface area contributed by atoms with E-state index in [1.807, 2.05) is 6.07 Å². The molecule has 1 aromatic rings. The molecular weight excluding hydrogens is 318 g/mol. The number of likely N-dealkylation sites (tertiary alicyclic amines) is 1. The number of urea groups is 1. The third-order valence-corrected chi connectivity index (χ3v) is 4.81. The van der Waals surface area contributed by atoms with Gasteiger partial charge in [-0.3, -0.25) is 0 Å². The molecule has 0 aromatic heterocycles. The van der Waals surface area contributed by atoms with Crippen molar-refractivity contribution in [3.8, 4) is 11.5 Å². The smallest absolute Gasteiger partial charge is 0.317 e. The Hall–Kier alpha value is -1.95. The van der Waals surface area contributed by atoms with E-state index >= 15 is 0 Å². The van der Waals surface area contributed by atoms with Gasteiger partial charge in [0, 0.05) is 20.1 Å². The third-order valence-electron chi connectivity index (χ3n) is 4.81. The molecule has 0 saturated carbocycles. The number of benzene rings is 1. The highest BCUT2D eigenvalue weighted by atomic mass is 16.5. The highest BCUT2D eigenvalue weighted by molar-refractivity contribution is 5.73. The molecule has 2 N–H and O–H groups in total. The monoisotopic (exact) mass is 349 g/mol. The van der Waals surface area contributed by atoms with Gasteiger partial charge in [-0.05, 0) is 62.5 Å². The normalized spacial score (nSPS) is 15.8. The SMILES string of the molecule is COc1ccc(CN(C)C(=O)NCCCN2CCC(C)CC2)cc1O. The second-order valence-corrected chi connectivity index (χ2v) is 6.97. The van der Waals surface area contributed by atoms with Gasteiger partial charge >= 0.3 is 6.03 Å². The molecule has 0 aliphatic carbocycles. The summed E-state index contributed by atoms with van der Waals surface area (Å²) in [6, 6.07) is 5.08. The summed E-state index contributed by atoms with van der Waals surface area (Å²) in [6.45, 7) is 6.83. The number of nitrogens with zero attached hydrogens (tertiary/aromatic N) is 2. The van der Waals surface area contributed by atoms with E-state index in [2.05, 4.69) is 17.1 Å². The predicted octanol–water partition coefficient (Wildman–Crippen LogP) is 2.66. The number of nitrogens with one attached hydrogen (secondary N) is 1. The predicted molar refractivity (Wildman–Crippen MR) is 99.0 cm³/mol. The van der Waals surface area contributed by atoms with Crippen molar-refractivity contribution in [3.05, 3.63) is 23.8 Å². The number of methoxy groups -OCH3 is 1. The van der Waals surface area contributed by atoms with Crippen molar-refractivity contribution in [1.29, 1.82) is 0 Å². The molecule has 1 aromatic carbocycles. The molecule has 1 heterocycles. The summed E-state index contributed by atoms with van der Waals surface area (Å²) >= 11 is 0. The van der Waals surface area contributed by atoms with Crippen LogP contribution in [0.15, 0.2) is 18.2 Å². The van der Waals surface area contributed by atoms with Gasteiger partial charge in [0.2, 0.25) is 0 Å². The van der Waals surface area contributed by atoms with Gasteiger partial charge in [0.1, 0.15) is 0 Å². The van der Waals surface area contributed by atoms with E-state index in [4.69, 9.17) is 4.74 Å². The van der Waals surface area contributed by atoms with Gasteiger partial charge < -0.3 is 25.0 Å². The Labute approximate surface area is 150 Å². The maximum absolute atomic E-state index is 12.2. The lowest BCUT2D eigenvalue weighted by atomic mass is 9.99. The van der Waals surface area contributed by atoms with E-state index in [-0.39, 0.29) is 11.8 Å². The van der Waals surface area contributed by atoms with Crippen LogP contribution in [0.25, 0.3) is 0 Å². The molecule has 0 atom stereocenters. The Morgan fingerprint density at radius 3 is 2.76 bits per heavy atom. The number of amides is 2. The first kappa shape index (κ1) is 19.4. The first-order chi connectivity index (χ1) is 12.0. The van der Waals surface area contributed by atoms with Crippen LogP contribution < -0.4 is 10.1 Å². The minimum absolute atomic E-state index is 0.0876. The quantitative estimate of drug-likeness (QED) is 0.743. The van der Waals surface area contributed by atoms with Crippen LogP contribution in [-0.4, -0.2) is 61.3 Å². The molecule has 1 aliphatic rings. The fraction of sp³-hybridized carbons (Fsp3) is 0.632. The first-order valence-corrected chi connectivity index (χ1v) is 9.06. The fourth-order valence-corrected chi connectivity index (χ4v) is 3.10. The zero-order chi connectivity index (χ0) is 18.2. The van der Waals surface area contributed by atoms with Crippen molar-refractivity contribution >= 4 is 6.03 Å². The zero-order valence-electron chi connectivity index (χ0n) is 15.6.